The number of benzene rings is 1. The Balaban J connectivity index is 1.64. The molecule has 1 aromatic carbocycles. The average molecular weight is 478 g/mol. The van der Waals surface area contributed by atoms with E-state index in [0.29, 0.717) is 23.1 Å². The number of fused-ring (bicyclic) bond motifs is 2. The molecule has 0 bridgehead atoms. The van der Waals surface area contributed by atoms with E-state index in [1.165, 1.54) is 11.3 Å². The Labute approximate surface area is 185 Å². The van der Waals surface area contributed by atoms with Crippen molar-refractivity contribution in [2.45, 2.75) is 13.5 Å². The fraction of sp³-hybridized carbons (Fsp3) is 0.0909. The molecule has 0 fully saturated rings. The van der Waals surface area contributed by atoms with Crippen molar-refractivity contribution in [1.82, 2.24) is 19.4 Å². The van der Waals surface area contributed by atoms with Gasteiger partial charge in [0.25, 0.3) is 5.91 Å². The molecule has 0 aliphatic rings. The van der Waals surface area contributed by atoms with Crippen LogP contribution in [0.25, 0.3) is 15.9 Å². The number of carbonyl (C=O) groups excluding carboxylic acids is 1. The largest absolute Gasteiger partial charge is 0.295 e. The first-order valence-electron chi connectivity index (χ1n) is 9.32. The van der Waals surface area contributed by atoms with Gasteiger partial charge < -0.3 is 0 Å². The van der Waals surface area contributed by atoms with Gasteiger partial charge >= 0.3 is 0 Å². The Morgan fingerprint density at radius 1 is 1.13 bits per heavy atom. The molecular weight excluding hydrogens is 462 g/mol. The fourth-order valence-electron chi connectivity index (χ4n) is 3.38. The van der Waals surface area contributed by atoms with E-state index < -0.39 is 0 Å². The van der Waals surface area contributed by atoms with Crippen LogP contribution in [0.1, 0.15) is 21.9 Å². The Bertz CT molecular complexity index is 1380. The molecule has 0 radical (unpaired) electrons. The summed E-state index contributed by atoms with van der Waals surface area (Å²) >= 11 is 4.99. The number of amides is 1. The number of imidazole rings is 1. The molecule has 0 N–H and O–H groups in total. The lowest BCUT2D eigenvalue weighted by Crippen LogP contribution is -2.32. The van der Waals surface area contributed by atoms with Crippen LogP contribution in [-0.2, 0) is 6.54 Å². The maximum Gasteiger partial charge on any atom is 0.279 e. The highest BCUT2D eigenvalue weighted by atomic mass is 79.9. The fourth-order valence-corrected chi connectivity index (χ4v) is 4.90. The number of nitrogens with zero attached hydrogens (tertiary/aromatic N) is 5. The first-order valence-corrected chi connectivity index (χ1v) is 10.9. The number of halogens is 1. The zero-order valence-electron chi connectivity index (χ0n) is 16.0. The van der Waals surface area contributed by atoms with Crippen molar-refractivity contribution < 1.29 is 4.79 Å². The first-order chi connectivity index (χ1) is 14.6. The van der Waals surface area contributed by atoms with Gasteiger partial charge in [-0.2, -0.15) is 0 Å². The van der Waals surface area contributed by atoms with Crippen LogP contribution in [0.5, 0.6) is 0 Å². The second kappa shape index (κ2) is 7.62. The zero-order valence-corrected chi connectivity index (χ0v) is 18.4. The molecule has 148 valence electrons. The molecule has 0 aliphatic heterocycles. The summed E-state index contributed by atoms with van der Waals surface area (Å²) in [6, 6.07) is 17.3. The topological polar surface area (TPSA) is 63.4 Å². The number of rotatable bonds is 4. The van der Waals surface area contributed by atoms with Gasteiger partial charge in [0, 0.05) is 16.9 Å². The van der Waals surface area contributed by atoms with Crippen molar-refractivity contribution in [1.29, 1.82) is 0 Å². The molecule has 0 atom stereocenters. The Kier molecular flexibility index (Phi) is 4.80. The number of pyridine rings is 2. The third kappa shape index (κ3) is 3.38. The molecule has 0 aliphatic carbocycles. The molecule has 0 saturated carbocycles. The lowest BCUT2D eigenvalue weighted by molar-refractivity contribution is 0.0978. The molecule has 4 heterocycles. The number of carbonyl (C=O) groups is 1. The summed E-state index contributed by atoms with van der Waals surface area (Å²) in [6.45, 7) is 2.18. The van der Waals surface area contributed by atoms with Crippen LogP contribution >= 0.6 is 27.3 Å². The maximum absolute atomic E-state index is 13.8. The third-order valence-electron chi connectivity index (χ3n) is 4.77. The molecule has 30 heavy (non-hydrogen) atoms. The molecule has 0 saturated heterocycles. The standard InChI is InChI=1S/C22H16BrN5OS/c1-14-20(27-11-5-3-7-19(27)25-14)21(29)28(13-16-6-2-4-10-24-16)22-26-17-9-8-15(23)12-18(17)30-22/h2-12H,13H2,1H3. The summed E-state index contributed by atoms with van der Waals surface area (Å²) in [7, 11) is 0. The molecule has 5 aromatic rings. The predicted octanol–water partition coefficient (Wildman–Crippen LogP) is 5.26. The van der Waals surface area contributed by atoms with Crippen molar-refractivity contribution in [2.24, 2.45) is 0 Å². The second-order valence-electron chi connectivity index (χ2n) is 6.80. The van der Waals surface area contributed by atoms with Gasteiger partial charge in [0.1, 0.15) is 11.3 Å². The highest BCUT2D eigenvalue weighted by Gasteiger charge is 2.26. The van der Waals surface area contributed by atoms with Crippen molar-refractivity contribution in [3.05, 3.63) is 88.5 Å². The predicted molar refractivity (Wildman–Crippen MR) is 122 cm³/mol. The molecule has 5 rings (SSSR count). The van der Waals surface area contributed by atoms with E-state index in [9.17, 15) is 4.79 Å². The second-order valence-corrected chi connectivity index (χ2v) is 8.72. The van der Waals surface area contributed by atoms with Crippen LogP contribution in [0, 0.1) is 6.92 Å². The molecule has 0 spiro atoms. The molecular formula is C22H16BrN5OS. The van der Waals surface area contributed by atoms with Crippen LogP contribution in [-0.4, -0.2) is 25.3 Å². The van der Waals surface area contributed by atoms with Crippen LogP contribution in [0.3, 0.4) is 0 Å². The summed E-state index contributed by atoms with van der Waals surface area (Å²) in [4.78, 5) is 29.2. The lowest BCUT2D eigenvalue weighted by atomic mass is 10.2. The van der Waals surface area contributed by atoms with Crippen molar-refractivity contribution in [2.75, 3.05) is 4.90 Å². The van der Waals surface area contributed by atoms with Crippen molar-refractivity contribution >= 4 is 54.2 Å². The number of aryl methyl sites for hydroxylation is 1. The van der Waals surface area contributed by atoms with Gasteiger partial charge in [-0.1, -0.05) is 39.4 Å². The Morgan fingerprint density at radius 3 is 2.83 bits per heavy atom. The van der Waals surface area contributed by atoms with Crippen molar-refractivity contribution in [3.8, 4) is 0 Å². The van der Waals surface area contributed by atoms with E-state index in [0.717, 1.165) is 26.0 Å². The normalized spacial score (nSPS) is 11.3. The van der Waals surface area contributed by atoms with Gasteiger partial charge in [-0.05, 0) is 49.4 Å². The zero-order chi connectivity index (χ0) is 20.7. The molecule has 0 unspecified atom stereocenters. The smallest absolute Gasteiger partial charge is 0.279 e. The summed E-state index contributed by atoms with van der Waals surface area (Å²) in [5.74, 6) is -0.157. The maximum atomic E-state index is 13.8. The van der Waals surface area contributed by atoms with Crippen LogP contribution in [0.15, 0.2) is 71.5 Å². The molecule has 1 amide bonds. The molecule has 4 aromatic heterocycles. The minimum atomic E-state index is -0.157. The Hall–Kier alpha value is -3.10. The number of anilines is 1. The number of aromatic nitrogens is 4. The van der Waals surface area contributed by atoms with Gasteiger partial charge in [0.05, 0.1) is 28.1 Å². The van der Waals surface area contributed by atoms with E-state index in [4.69, 9.17) is 4.98 Å². The van der Waals surface area contributed by atoms with E-state index in [1.54, 1.807) is 11.1 Å². The molecule has 8 heteroatoms. The number of hydrogen-bond donors (Lipinski definition) is 0. The van der Waals surface area contributed by atoms with E-state index >= 15 is 0 Å². The first kappa shape index (κ1) is 18.9. The van der Waals surface area contributed by atoms with Gasteiger partial charge in [-0.25, -0.2) is 9.97 Å². The minimum absolute atomic E-state index is 0.157. The summed E-state index contributed by atoms with van der Waals surface area (Å²) in [5.41, 5.74) is 3.59. The van der Waals surface area contributed by atoms with E-state index in [2.05, 4.69) is 25.9 Å². The number of thiazole rings is 1. The lowest BCUT2D eigenvalue weighted by Gasteiger charge is -2.19. The van der Waals surface area contributed by atoms with Gasteiger partial charge in [-0.3, -0.25) is 19.1 Å². The average Bonchev–Trinajstić information content (AvgIpc) is 3.31. The molecule has 6 nitrogen and oxygen atoms in total. The quantitative estimate of drug-likeness (QED) is 0.354. The van der Waals surface area contributed by atoms with Gasteiger partial charge in [0.15, 0.2) is 5.13 Å². The summed E-state index contributed by atoms with van der Waals surface area (Å²) < 4.78 is 3.81. The third-order valence-corrected chi connectivity index (χ3v) is 6.30. The Morgan fingerprint density at radius 2 is 2.00 bits per heavy atom. The van der Waals surface area contributed by atoms with Gasteiger partial charge in [-0.15, -0.1) is 0 Å². The van der Waals surface area contributed by atoms with E-state index in [-0.39, 0.29) is 5.91 Å². The monoisotopic (exact) mass is 477 g/mol. The highest BCUT2D eigenvalue weighted by molar-refractivity contribution is 9.10. The minimum Gasteiger partial charge on any atom is -0.295 e. The highest BCUT2D eigenvalue weighted by Crippen LogP contribution is 2.32. The van der Waals surface area contributed by atoms with Crippen molar-refractivity contribution in [3.63, 3.8) is 0 Å². The number of hydrogen-bond acceptors (Lipinski definition) is 5. The van der Waals surface area contributed by atoms with E-state index in [1.807, 2.05) is 72.1 Å². The van der Waals surface area contributed by atoms with Gasteiger partial charge in [0.2, 0.25) is 0 Å². The summed E-state index contributed by atoms with van der Waals surface area (Å²) in [5, 5.41) is 0.629. The van der Waals surface area contributed by atoms with Crippen LogP contribution in [0.2, 0.25) is 0 Å². The summed E-state index contributed by atoms with van der Waals surface area (Å²) in [6.07, 6.45) is 3.59. The van der Waals surface area contributed by atoms with Crippen LogP contribution in [0.4, 0.5) is 5.13 Å². The van der Waals surface area contributed by atoms with Crippen LogP contribution < -0.4 is 4.90 Å². The SMILES string of the molecule is Cc1nc2ccccn2c1C(=O)N(Cc1ccccn1)c1nc2ccc(Br)cc2s1.